The molecule has 0 atom stereocenters. The zero-order valence-electron chi connectivity index (χ0n) is 16.6. The van der Waals surface area contributed by atoms with Crippen LogP contribution >= 0.6 is 0 Å². The molecule has 0 fully saturated rings. The predicted octanol–water partition coefficient (Wildman–Crippen LogP) is 4.56. The Hall–Kier alpha value is -2.96. The number of nitro groups is 1. The zero-order chi connectivity index (χ0) is 20.3. The third-order valence-corrected chi connectivity index (χ3v) is 4.67. The summed E-state index contributed by atoms with van der Waals surface area (Å²) in [5, 5.41) is 15.7. The van der Waals surface area contributed by atoms with Crippen molar-refractivity contribution in [1.82, 2.24) is 9.78 Å². The summed E-state index contributed by atoms with van der Waals surface area (Å²) in [7, 11) is 1.50. The molecule has 0 saturated heterocycles. The van der Waals surface area contributed by atoms with Crippen molar-refractivity contribution in [3.63, 3.8) is 0 Å². The van der Waals surface area contributed by atoms with E-state index in [0.29, 0.717) is 34.7 Å². The number of ketones is 1. The number of allylic oxidation sites excluding steroid dienone is 2. The summed E-state index contributed by atoms with van der Waals surface area (Å²) in [5.41, 5.74) is 3.58. The van der Waals surface area contributed by atoms with Crippen LogP contribution in [-0.4, -0.2) is 27.6 Å². The number of ether oxygens (including phenoxy) is 1. The molecule has 0 saturated carbocycles. The van der Waals surface area contributed by atoms with Crippen LogP contribution in [0.25, 0.3) is 5.57 Å². The van der Waals surface area contributed by atoms with E-state index in [-0.39, 0.29) is 11.5 Å². The zero-order valence-corrected chi connectivity index (χ0v) is 16.6. The van der Waals surface area contributed by atoms with Gasteiger partial charge in [-0.3, -0.25) is 14.9 Å². The number of benzene rings is 1. The maximum Gasteiger partial charge on any atom is 0.277 e. The molecule has 0 N–H and O–H groups in total. The Balaban J connectivity index is 2.67. The number of carbonyl (C=O) groups excluding carboxylic acids is 1. The number of hydrogen-bond acceptors (Lipinski definition) is 5. The molecule has 1 aromatic heterocycles. The lowest BCUT2D eigenvalue weighted by Gasteiger charge is -2.13. The lowest BCUT2D eigenvalue weighted by Crippen LogP contribution is -2.09. The molecule has 1 aromatic carbocycles. The first-order valence-corrected chi connectivity index (χ1v) is 8.81. The molecule has 0 amide bonds. The number of rotatable bonds is 7. The average molecular weight is 371 g/mol. The molecule has 1 heterocycles. The van der Waals surface area contributed by atoms with Crippen LogP contribution in [0.1, 0.15) is 61.2 Å². The van der Waals surface area contributed by atoms with Gasteiger partial charge in [-0.25, -0.2) is 4.68 Å². The number of aromatic nitrogens is 2. The lowest BCUT2D eigenvalue weighted by molar-refractivity contribution is -0.385. The Morgan fingerprint density at radius 3 is 2.44 bits per heavy atom. The van der Waals surface area contributed by atoms with E-state index in [4.69, 9.17) is 4.74 Å². The van der Waals surface area contributed by atoms with E-state index in [0.717, 1.165) is 17.6 Å². The summed E-state index contributed by atoms with van der Waals surface area (Å²) in [5.74, 6) is 0.143. The fraction of sp³-hybridized carbons (Fsp3) is 0.400. The van der Waals surface area contributed by atoms with Crippen molar-refractivity contribution in [2.24, 2.45) is 0 Å². The van der Waals surface area contributed by atoms with Crippen LogP contribution in [0.15, 0.2) is 23.9 Å². The molecular weight excluding hydrogens is 346 g/mol. The van der Waals surface area contributed by atoms with Crippen LogP contribution in [-0.2, 0) is 6.54 Å². The Bertz CT molecular complexity index is 922. The van der Waals surface area contributed by atoms with Gasteiger partial charge in [0, 0.05) is 18.2 Å². The van der Waals surface area contributed by atoms with E-state index in [1.165, 1.54) is 25.4 Å². The van der Waals surface area contributed by atoms with Crippen molar-refractivity contribution in [1.29, 1.82) is 0 Å². The quantitative estimate of drug-likeness (QED) is 0.404. The minimum Gasteiger partial charge on any atom is -0.481 e. The van der Waals surface area contributed by atoms with Crippen molar-refractivity contribution in [2.45, 2.75) is 47.6 Å². The number of methoxy groups -OCH3 is 1. The standard InChI is InChI=1S/C20H25N3O4/c1-7-10-22-20(27-6)16(11-21-22)19(24)15-8-9-17(23(25)26)18(14(15)5)13(4)12(2)3/h8-9,11H,7,10H2,1-6H3. The molecule has 0 aliphatic rings. The van der Waals surface area contributed by atoms with E-state index >= 15 is 0 Å². The molecule has 27 heavy (non-hydrogen) atoms. The highest BCUT2D eigenvalue weighted by Gasteiger charge is 2.26. The smallest absolute Gasteiger partial charge is 0.277 e. The number of aryl methyl sites for hydroxylation is 1. The van der Waals surface area contributed by atoms with Gasteiger partial charge in [-0.1, -0.05) is 12.5 Å². The SMILES string of the molecule is CCCn1ncc(C(=O)c2ccc([N+](=O)[O-])c(C(C)=C(C)C)c2C)c1OC. The van der Waals surface area contributed by atoms with E-state index in [9.17, 15) is 14.9 Å². The van der Waals surface area contributed by atoms with Gasteiger partial charge in [0.15, 0.2) is 5.78 Å². The topological polar surface area (TPSA) is 87.3 Å². The summed E-state index contributed by atoms with van der Waals surface area (Å²) < 4.78 is 7.04. The molecule has 0 aliphatic carbocycles. The van der Waals surface area contributed by atoms with Crippen molar-refractivity contribution in [3.05, 3.63) is 56.3 Å². The van der Waals surface area contributed by atoms with Crippen LogP contribution in [0, 0.1) is 17.0 Å². The Morgan fingerprint density at radius 2 is 1.93 bits per heavy atom. The van der Waals surface area contributed by atoms with Gasteiger partial charge >= 0.3 is 0 Å². The highest BCUT2D eigenvalue weighted by Crippen LogP contribution is 2.34. The summed E-state index contributed by atoms with van der Waals surface area (Å²) in [6.45, 7) is 10.0. The molecular formula is C20H25N3O4. The number of nitrogens with zero attached hydrogens (tertiary/aromatic N) is 3. The van der Waals surface area contributed by atoms with Gasteiger partial charge in [-0.15, -0.1) is 0 Å². The highest BCUT2D eigenvalue weighted by atomic mass is 16.6. The maximum absolute atomic E-state index is 13.2. The Kier molecular flexibility index (Phi) is 6.15. The van der Waals surface area contributed by atoms with Crippen molar-refractivity contribution in [3.8, 4) is 5.88 Å². The fourth-order valence-corrected chi connectivity index (χ4v) is 3.08. The monoisotopic (exact) mass is 371 g/mol. The van der Waals surface area contributed by atoms with Gasteiger partial charge in [-0.05, 0) is 51.3 Å². The van der Waals surface area contributed by atoms with Crippen LogP contribution in [0.4, 0.5) is 5.69 Å². The molecule has 7 nitrogen and oxygen atoms in total. The van der Waals surface area contributed by atoms with Gasteiger partial charge in [0.25, 0.3) is 5.69 Å². The summed E-state index contributed by atoms with van der Waals surface area (Å²) in [4.78, 5) is 24.2. The third kappa shape index (κ3) is 3.77. The lowest BCUT2D eigenvalue weighted by atomic mass is 9.90. The van der Waals surface area contributed by atoms with Crippen molar-refractivity contribution < 1.29 is 14.5 Å². The second-order valence-electron chi connectivity index (χ2n) is 6.63. The van der Waals surface area contributed by atoms with Gasteiger partial charge < -0.3 is 4.74 Å². The van der Waals surface area contributed by atoms with Crippen LogP contribution < -0.4 is 4.74 Å². The van der Waals surface area contributed by atoms with E-state index in [2.05, 4.69) is 5.10 Å². The Morgan fingerprint density at radius 1 is 1.26 bits per heavy atom. The number of carbonyl (C=O) groups is 1. The van der Waals surface area contributed by atoms with E-state index in [1.807, 2.05) is 27.7 Å². The Labute approximate surface area is 158 Å². The molecule has 0 unspecified atom stereocenters. The van der Waals surface area contributed by atoms with Gasteiger partial charge in [-0.2, -0.15) is 5.10 Å². The van der Waals surface area contributed by atoms with Gasteiger partial charge in [0.1, 0.15) is 5.56 Å². The van der Waals surface area contributed by atoms with E-state index in [1.54, 1.807) is 11.6 Å². The summed E-state index contributed by atoms with van der Waals surface area (Å²) in [6.07, 6.45) is 2.34. The molecule has 0 radical (unpaired) electrons. The number of nitro benzene ring substituents is 1. The minimum absolute atomic E-state index is 0.00334. The summed E-state index contributed by atoms with van der Waals surface area (Å²) in [6, 6.07) is 2.90. The molecule has 0 bridgehead atoms. The van der Waals surface area contributed by atoms with E-state index < -0.39 is 4.92 Å². The van der Waals surface area contributed by atoms with Crippen LogP contribution in [0.3, 0.4) is 0 Å². The first-order chi connectivity index (χ1) is 12.7. The second-order valence-corrected chi connectivity index (χ2v) is 6.63. The first kappa shape index (κ1) is 20.4. The molecule has 7 heteroatoms. The van der Waals surface area contributed by atoms with Crippen molar-refractivity contribution >= 4 is 17.0 Å². The average Bonchev–Trinajstić information content (AvgIpc) is 3.03. The number of hydrogen-bond donors (Lipinski definition) is 0. The normalized spacial score (nSPS) is 10.6. The minimum atomic E-state index is -0.414. The largest absolute Gasteiger partial charge is 0.481 e. The fourth-order valence-electron chi connectivity index (χ4n) is 3.08. The van der Waals surface area contributed by atoms with Crippen LogP contribution in [0.2, 0.25) is 0 Å². The highest BCUT2D eigenvalue weighted by molar-refractivity contribution is 6.12. The second kappa shape index (κ2) is 8.16. The molecule has 0 aliphatic heterocycles. The molecule has 2 aromatic rings. The first-order valence-electron chi connectivity index (χ1n) is 8.81. The third-order valence-electron chi connectivity index (χ3n) is 4.67. The molecule has 0 spiro atoms. The molecule has 144 valence electrons. The van der Waals surface area contributed by atoms with Crippen LogP contribution in [0.5, 0.6) is 5.88 Å². The van der Waals surface area contributed by atoms with Crippen molar-refractivity contribution in [2.75, 3.05) is 7.11 Å². The predicted molar refractivity (Wildman–Crippen MR) is 104 cm³/mol. The molecule has 2 rings (SSSR count). The maximum atomic E-state index is 13.2. The van der Waals surface area contributed by atoms with Gasteiger partial charge in [0.05, 0.1) is 23.8 Å². The summed E-state index contributed by atoms with van der Waals surface area (Å²) >= 11 is 0. The van der Waals surface area contributed by atoms with Gasteiger partial charge in [0.2, 0.25) is 5.88 Å².